The molecule has 0 bridgehead atoms. The summed E-state index contributed by atoms with van der Waals surface area (Å²) >= 11 is 7.32. The van der Waals surface area contributed by atoms with Crippen molar-refractivity contribution in [3.63, 3.8) is 0 Å². The zero-order valence-corrected chi connectivity index (χ0v) is 18.7. The predicted octanol–water partition coefficient (Wildman–Crippen LogP) is 3.70. The van der Waals surface area contributed by atoms with Crippen molar-refractivity contribution < 1.29 is 13.2 Å². The smallest absolute Gasteiger partial charge is 0.229 e. The minimum atomic E-state index is -3.48. The van der Waals surface area contributed by atoms with E-state index in [-0.39, 0.29) is 12.1 Å². The summed E-state index contributed by atoms with van der Waals surface area (Å²) in [7, 11) is -1.98. The second kappa shape index (κ2) is 8.21. The fraction of sp³-hybridized carbons (Fsp3) is 0.200. The average Bonchev–Trinajstić information content (AvgIpc) is 3.35. The Kier molecular flexibility index (Phi) is 5.63. The van der Waals surface area contributed by atoms with Gasteiger partial charge in [0.25, 0.3) is 0 Å². The Morgan fingerprint density at radius 3 is 2.70 bits per heavy atom. The van der Waals surface area contributed by atoms with E-state index < -0.39 is 10.0 Å². The van der Waals surface area contributed by atoms with Gasteiger partial charge in [-0.05, 0) is 54.0 Å². The quantitative estimate of drug-likeness (QED) is 0.543. The molecule has 7 nitrogen and oxygen atoms in total. The molecule has 0 saturated carbocycles. The Hall–Kier alpha value is -2.69. The second-order valence-electron chi connectivity index (χ2n) is 6.77. The molecule has 2 atom stereocenters. The van der Waals surface area contributed by atoms with Gasteiger partial charge in [0.15, 0.2) is 5.11 Å². The van der Waals surface area contributed by atoms with Crippen molar-refractivity contribution in [2.45, 2.75) is 12.1 Å². The van der Waals surface area contributed by atoms with Crippen molar-refractivity contribution in [1.82, 2.24) is 10.3 Å². The molecule has 4 rings (SSSR count). The molecule has 30 heavy (non-hydrogen) atoms. The molecule has 1 fully saturated rings. The number of nitrogens with zero attached hydrogens (tertiary/aromatic N) is 2. The van der Waals surface area contributed by atoms with E-state index in [1.54, 1.807) is 29.7 Å². The van der Waals surface area contributed by atoms with E-state index in [0.29, 0.717) is 16.5 Å². The number of sulfonamides is 1. The lowest BCUT2D eigenvalue weighted by Crippen LogP contribution is -2.29. The molecule has 0 radical (unpaired) electrons. The molecule has 10 heteroatoms. The highest BCUT2D eigenvalue weighted by atomic mass is 32.2. The number of aromatic nitrogens is 1. The normalized spacial score (nSPS) is 18.9. The van der Waals surface area contributed by atoms with Crippen molar-refractivity contribution in [1.29, 1.82) is 0 Å². The van der Waals surface area contributed by atoms with Crippen LogP contribution in [0.25, 0.3) is 0 Å². The molecule has 2 unspecified atom stereocenters. The number of anilines is 2. The number of thiocarbonyl (C=S) groups is 1. The van der Waals surface area contributed by atoms with Crippen LogP contribution >= 0.6 is 23.6 Å². The number of methoxy groups -OCH3 is 1. The Balaban J connectivity index is 1.80. The summed E-state index contributed by atoms with van der Waals surface area (Å²) in [5, 5.41) is 5.95. The molecule has 0 spiro atoms. The highest BCUT2D eigenvalue weighted by Crippen LogP contribution is 2.44. The van der Waals surface area contributed by atoms with E-state index in [9.17, 15) is 8.42 Å². The van der Waals surface area contributed by atoms with Gasteiger partial charge in [-0.25, -0.2) is 8.42 Å². The third kappa shape index (κ3) is 4.11. The topological polar surface area (TPSA) is 83.6 Å². The van der Waals surface area contributed by atoms with Gasteiger partial charge < -0.3 is 15.0 Å². The highest BCUT2D eigenvalue weighted by molar-refractivity contribution is 7.92. The van der Waals surface area contributed by atoms with Gasteiger partial charge in [0.05, 0.1) is 36.8 Å². The first-order valence-electron chi connectivity index (χ1n) is 9.07. The van der Waals surface area contributed by atoms with E-state index in [0.717, 1.165) is 22.5 Å². The molecule has 0 amide bonds. The molecule has 3 aromatic rings. The highest BCUT2D eigenvalue weighted by Gasteiger charge is 2.41. The molecule has 0 aliphatic carbocycles. The zero-order valence-electron chi connectivity index (χ0n) is 16.3. The van der Waals surface area contributed by atoms with Gasteiger partial charge in [-0.2, -0.15) is 0 Å². The second-order valence-corrected chi connectivity index (χ2v) is 9.89. The maximum absolute atomic E-state index is 11.8. The van der Waals surface area contributed by atoms with Crippen LogP contribution in [0.2, 0.25) is 0 Å². The number of pyridine rings is 1. The largest absolute Gasteiger partial charge is 0.495 e. The Morgan fingerprint density at radius 1 is 1.23 bits per heavy atom. The number of hydrogen-bond donors (Lipinski definition) is 2. The first-order valence-corrected chi connectivity index (χ1v) is 12.2. The molecule has 1 saturated heterocycles. The van der Waals surface area contributed by atoms with Gasteiger partial charge >= 0.3 is 0 Å². The van der Waals surface area contributed by atoms with E-state index in [2.05, 4.69) is 21.1 Å². The van der Waals surface area contributed by atoms with Crippen LogP contribution < -0.4 is 19.7 Å². The van der Waals surface area contributed by atoms with Gasteiger partial charge in [-0.1, -0.05) is 12.1 Å². The molecule has 156 valence electrons. The summed E-state index contributed by atoms with van der Waals surface area (Å²) < 4.78 is 31.5. The molecule has 1 aromatic carbocycles. The minimum absolute atomic E-state index is 0.133. The van der Waals surface area contributed by atoms with Crippen LogP contribution in [0.4, 0.5) is 11.4 Å². The number of rotatable bonds is 6. The van der Waals surface area contributed by atoms with Crippen molar-refractivity contribution in [3.8, 4) is 5.75 Å². The molecule has 1 aliphatic rings. The minimum Gasteiger partial charge on any atom is -0.495 e. The van der Waals surface area contributed by atoms with Crippen LogP contribution in [-0.4, -0.2) is 31.9 Å². The van der Waals surface area contributed by atoms with Gasteiger partial charge in [0, 0.05) is 16.8 Å². The number of thiophene rings is 1. The van der Waals surface area contributed by atoms with Gasteiger partial charge in [-0.15, -0.1) is 11.3 Å². The summed E-state index contributed by atoms with van der Waals surface area (Å²) in [5.41, 5.74) is 1.98. The summed E-state index contributed by atoms with van der Waals surface area (Å²) in [6.45, 7) is 0. The van der Waals surface area contributed by atoms with Gasteiger partial charge in [-0.3, -0.25) is 9.71 Å². The maximum Gasteiger partial charge on any atom is 0.229 e. The van der Waals surface area contributed by atoms with E-state index in [4.69, 9.17) is 17.0 Å². The standard InChI is InChI=1S/C20H20N4O3S3/c1-27-16-9-8-13(12-15(16)23-30(2,25)26)24-19(17-7-5-11-29-17)18(22-20(24)28)14-6-3-4-10-21-14/h3-12,18-19,23H,1-2H3,(H,22,28). The molecule has 2 N–H and O–H groups in total. The van der Waals surface area contributed by atoms with Crippen molar-refractivity contribution in [2.75, 3.05) is 23.0 Å². The molecular weight excluding hydrogens is 440 g/mol. The van der Waals surface area contributed by atoms with Crippen LogP contribution in [0.3, 0.4) is 0 Å². The Labute approximate surface area is 184 Å². The average molecular weight is 461 g/mol. The fourth-order valence-electron chi connectivity index (χ4n) is 3.51. The molecule has 2 aromatic heterocycles. The van der Waals surface area contributed by atoms with Gasteiger partial charge in [0.2, 0.25) is 10.0 Å². The summed E-state index contributed by atoms with van der Waals surface area (Å²) in [6, 6.07) is 14.9. The van der Waals surface area contributed by atoms with Crippen molar-refractivity contribution in [2.24, 2.45) is 0 Å². The first-order chi connectivity index (χ1) is 14.4. The number of ether oxygens (including phenoxy) is 1. The van der Waals surface area contributed by atoms with Crippen LogP contribution in [0.15, 0.2) is 60.1 Å². The molecule has 1 aliphatic heterocycles. The van der Waals surface area contributed by atoms with Crippen LogP contribution in [0.5, 0.6) is 5.75 Å². The predicted molar refractivity (Wildman–Crippen MR) is 124 cm³/mol. The van der Waals surface area contributed by atoms with Crippen LogP contribution in [0.1, 0.15) is 22.7 Å². The number of hydrogen-bond acceptors (Lipinski definition) is 6. The monoisotopic (exact) mass is 460 g/mol. The van der Waals surface area contributed by atoms with Crippen LogP contribution in [-0.2, 0) is 10.0 Å². The SMILES string of the molecule is COc1ccc(N2C(=S)NC(c3ccccn3)C2c2cccs2)cc1NS(C)(=O)=O. The maximum atomic E-state index is 11.8. The van der Waals surface area contributed by atoms with E-state index >= 15 is 0 Å². The third-order valence-electron chi connectivity index (χ3n) is 4.69. The zero-order chi connectivity index (χ0) is 21.3. The van der Waals surface area contributed by atoms with Crippen molar-refractivity contribution >= 4 is 50.1 Å². The van der Waals surface area contributed by atoms with Crippen molar-refractivity contribution in [3.05, 3.63) is 70.7 Å². The van der Waals surface area contributed by atoms with E-state index in [1.165, 1.54) is 7.11 Å². The van der Waals surface area contributed by atoms with Crippen LogP contribution in [0, 0.1) is 0 Å². The molecular formula is C20H20N4O3S3. The number of nitrogens with one attached hydrogen (secondary N) is 2. The first kappa shape index (κ1) is 20.6. The Bertz CT molecular complexity index is 1150. The lowest BCUT2D eigenvalue weighted by Gasteiger charge is -2.27. The molecule has 3 heterocycles. The van der Waals surface area contributed by atoms with Gasteiger partial charge in [0.1, 0.15) is 5.75 Å². The third-order valence-corrected chi connectivity index (χ3v) is 6.54. The summed E-state index contributed by atoms with van der Waals surface area (Å²) in [5.74, 6) is 0.427. The lowest BCUT2D eigenvalue weighted by atomic mass is 10.0. The summed E-state index contributed by atoms with van der Waals surface area (Å²) in [6.07, 6.45) is 2.86. The summed E-state index contributed by atoms with van der Waals surface area (Å²) in [4.78, 5) is 7.63. The number of benzene rings is 1. The Morgan fingerprint density at radius 2 is 2.07 bits per heavy atom. The fourth-order valence-corrected chi connectivity index (χ4v) is 5.26. The lowest BCUT2D eigenvalue weighted by molar-refractivity contribution is 0.417. The van der Waals surface area contributed by atoms with E-state index in [1.807, 2.05) is 40.6 Å².